The largest absolute Gasteiger partial charge is 0.359 e. The summed E-state index contributed by atoms with van der Waals surface area (Å²) in [5.74, 6) is 0.803. The number of fused-ring (bicyclic) bond motifs is 1. The molecule has 0 aliphatic rings. The van der Waals surface area contributed by atoms with Crippen molar-refractivity contribution in [1.82, 2.24) is 9.97 Å². The van der Waals surface area contributed by atoms with Crippen LogP contribution in [0.5, 0.6) is 0 Å². The summed E-state index contributed by atoms with van der Waals surface area (Å²) in [5.41, 5.74) is 7.70. The number of rotatable bonds is 4. The summed E-state index contributed by atoms with van der Waals surface area (Å²) in [6.07, 6.45) is 1.58. The molecule has 0 fully saturated rings. The van der Waals surface area contributed by atoms with Crippen molar-refractivity contribution >= 4 is 16.7 Å². The van der Waals surface area contributed by atoms with E-state index in [4.69, 9.17) is 5.73 Å². The van der Waals surface area contributed by atoms with Crippen LogP contribution in [0.1, 0.15) is 12.5 Å². The molecule has 1 atom stereocenters. The van der Waals surface area contributed by atoms with Gasteiger partial charge in [-0.05, 0) is 24.6 Å². The molecule has 21 heavy (non-hydrogen) atoms. The smallest absolute Gasteiger partial charge is 0.138 e. The molecule has 3 aromatic rings. The minimum absolute atomic E-state index is 0.377. The summed E-state index contributed by atoms with van der Waals surface area (Å²) >= 11 is 0. The molecule has 1 heterocycles. The van der Waals surface area contributed by atoms with E-state index in [-0.39, 0.29) is 5.54 Å². The van der Waals surface area contributed by atoms with Gasteiger partial charge < -0.3 is 11.1 Å². The monoisotopic (exact) mass is 278 g/mol. The third kappa shape index (κ3) is 2.58. The Bertz CT molecular complexity index is 737. The van der Waals surface area contributed by atoms with Crippen molar-refractivity contribution in [3.8, 4) is 0 Å². The highest BCUT2D eigenvalue weighted by molar-refractivity contribution is 5.88. The Hall–Kier alpha value is -2.46. The van der Waals surface area contributed by atoms with Gasteiger partial charge in [0, 0.05) is 11.9 Å². The first kappa shape index (κ1) is 13.5. The zero-order valence-corrected chi connectivity index (χ0v) is 12.0. The summed E-state index contributed by atoms with van der Waals surface area (Å²) < 4.78 is 0. The van der Waals surface area contributed by atoms with Crippen molar-refractivity contribution in [2.75, 3.05) is 11.9 Å². The Balaban J connectivity index is 2.04. The highest BCUT2D eigenvalue weighted by atomic mass is 15.1. The zero-order chi connectivity index (χ0) is 14.7. The Kier molecular flexibility index (Phi) is 3.54. The van der Waals surface area contributed by atoms with E-state index >= 15 is 0 Å². The van der Waals surface area contributed by atoms with Gasteiger partial charge >= 0.3 is 0 Å². The molecule has 0 saturated carbocycles. The Morgan fingerprint density at radius 3 is 2.48 bits per heavy atom. The summed E-state index contributed by atoms with van der Waals surface area (Å²) in [6, 6.07) is 18.1. The van der Waals surface area contributed by atoms with Crippen LogP contribution in [0.4, 0.5) is 5.82 Å². The van der Waals surface area contributed by atoms with Crippen LogP contribution in [0.15, 0.2) is 60.9 Å². The van der Waals surface area contributed by atoms with Crippen LogP contribution in [0.2, 0.25) is 0 Å². The molecule has 1 unspecified atom stereocenters. The maximum Gasteiger partial charge on any atom is 0.138 e. The summed E-state index contributed by atoms with van der Waals surface area (Å²) in [5, 5.41) is 4.48. The lowest BCUT2D eigenvalue weighted by molar-refractivity contribution is 0.554. The van der Waals surface area contributed by atoms with Gasteiger partial charge in [-0.15, -0.1) is 0 Å². The molecule has 4 nitrogen and oxygen atoms in total. The van der Waals surface area contributed by atoms with Crippen LogP contribution < -0.4 is 11.1 Å². The molecule has 0 spiro atoms. The molecule has 106 valence electrons. The Morgan fingerprint density at radius 2 is 1.71 bits per heavy atom. The number of nitrogens with one attached hydrogen (secondary N) is 1. The summed E-state index contributed by atoms with van der Waals surface area (Å²) in [4.78, 5) is 8.68. The van der Waals surface area contributed by atoms with E-state index in [0.717, 1.165) is 22.3 Å². The molecule has 0 amide bonds. The first-order chi connectivity index (χ1) is 10.2. The number of nitrogens with two attached hydrogens (primary N) is 1. The van der Waals surface area contributed by atoms with Gasteiger partial charge in [0.05, 0.1) is 11.1 Å². The lowest BCUT2D eigenvalue weighted by Crippen LogP contribution is -2.40. The van der Waals surface area contributed by atoms with Crippen LogP contribution in [-0.2, 0) is 5.54 Å². The van der Waals surface area contributed by atoms with E-state index in [0.29, 0.717) is 6.54 Å². The minimum atomic E-state index is -0.377. The molecule has 0 radical (unpaired) electrons. The molecule has 3 rings (SSSR count). The number of nitrogens with zero attached hydrogens (tertiary/aromatic N) is 2. The van der Waals surface area contributed by atoms with Gasteiger partial charge in [0.25, 0.3) is 0 Å². The van der Waals surface area contributed by atoms with Gasteiger partial charge in [0.15, 0.2) is 0 Å². The van der Waals surface area contributed by atoms with Crippen molar-refractivity contribution in [2.45, 2.75) is 12.5 Å². The first-order valence-electron chi connectivity index (χ1n) is 6.96. The van der Waals surface area contributed by atoms with Gasteiger partial charge in [-0.1, -0.05) is 42.5 Å². The predicted molar refractivity (Wildman–Crippen MR) is 86.0 cm³/mol. The van der Waals surface area contributed by atoms with E-state index in [9.17, 15) is 0 Å². The average Bonchev–Trinajstić information content (AvgIpc) is 2.56. The second-order valence-corrected chi connectivity index (χ2v) is 5.27. The number of aromatic nitrogens is 2. The van der Waals surface area contributed by atoms with Crippen LogP contribution >= 0.6 is 0 Å². The number of hydrogen-bond acceptors (Lipinski definition) is 4. The van der Waals surface area contributed by atoms with Crippen molar-refractivity contribution in [3.05, 3.63) is 66.5 Å². The fraction of sp³-hybridized carbons (Fsp3) is 0.176. The molecular weight excluding hydrogens is 260 g/mol. The quantitative estimate of drug-likeness (QED) is 0.770. The predicted octanol–water partition coefficient (Wildman–Crippen LogP) is 2.92. The van der Waals surface area contributed by atoms with Crippen molar-refractivity contribution in [1.29, 1.82) is 0 Å². The van der Waals surface area contributed by atoms with E-state index in [1.807, 2.05) is 42.5 Å². The standard InChI is InChI=1S/C17H18N4/c1-17(11-18,13-7-3-2-4-8-13)21-16-14-9-5-6-10-15(14)19-12-20-16/h2-10,12H,11,18H2,1H3,(H,19,20,21). The highest BCUT2D eigenvalue weighted by Crippen LogP contribution is 2.27. The van der Waals surface area contributed by atoms with Crippen molar-refractivity contribution < 1.29 is 0 Å². The van der Waals surface area contributed by atoms with E-state index in [1.165, 1.54) is 0 Å². The second kappa shape index (κ2) is 5.50. The van der Waals surface area contributed by atoms with E-state index in [1.54, 1.807) is 6.33 Å². The molecule has 3 N–H and O–H groups in total. The molecule has 0 bridgehead atoms. The molecule has 2 aromatic carbocycles. The minimum Gasteiger partial charge on any atom is -0.359 e. The SMILES string of the molecule is CC(CN)(Nc1ncnc2ccccc12)c1ccccc1. The number of anilines is 1. The number of benzene rings is 2. The molecule has 0 aliphatic heterocycles. The van der Waals surface area contributed by atoms with Crippen LogP contribution in [0.25, 0.3) is 10.9 Å². The molecule has 0 aliphatic carbocycles. The molecule has 1 aromatic heterocycles. The van der Waals surface area contributed by atoms with Gasteiger partial charge in [-0.3, -0.25) is 0 Å². The van der Waals surface area contributed by atoms with E-state index in [2.05, 4.69) is 34.3 Å². The van der Waals surface area contributed by atoms with Crippen molar-refractivity contribution in [2.24, 2.45) is 5.73 Å². The van der Waals surface area contributed by atoms with Crippen LogP contribution in [0.3, 0.4) is 0 Å². The van der Waals surface area contributed by atoms with Crippen molar-refractivity contribution in [3.63, 3.8) is 0 Å². The highest BCUT2D eigenvalue weighted by Gasteiger charge is 2.25. The third-order valence-corrected chi connectivity index (χ3v) is 3.76. The normalized spacial score (nSPS) is 13.8. The number of para-hydroxylation sites is 1. The van der Waals surface area contributed by atoms with Gasteiger partial charge in [0.1, 0.15) is 12.1 Å². The van der Waals surface area contributed by atoms with Gasteiger partial charge in [-0.25, -0.2) is 9.97 Å². The zero-order valence-electron chi connectivity index (χ0n) is 12.0. The van der Waals surface area contributed by atoms with Gasteiger partial charge in [-0.2, -0.15) is 0 Å². The third-order valence-electron chi connectivity index (χ3n) is 3.76. The molecule has 4 heteroatoms. The Labute approximate surface area is 124 Å². The fourth-order valence-electron chi connectivity index (χ4n) is 2.41. The summed E-state index contributed by atoms with van der Waals surface area (Å²) in [6.45, 7) is 2.55. The topological polar surface area (TPSA) is 63.8 Å². The van der Waals surface area contributed by atoms with Crippen LogP contribution in [-0.4, -0.2) is 16.5 Å². The molecular formula is C17H18N4. The molecule has 0 saturated heterocycles. The summed E-state index contributed by atoms with van der Waals surface area (Å²) in [7, 11) is 0. The van der Waals surface area contributed by atoms with E-state index < -0.39 is 0 Å². The first-order valence-corrected chi connectivity index (χ1v) is 6.96. The lowest BCUT2D eigenvalue weighted by Gasteiger charge is -2.31. The average molecular weight is 278 g/mol. The lowest BCUT2D eigenvalue weighted by atomic mass is 9.92. The van der Waals surface area contributed by atoms with Crippen LogP contribution in [0, 0.1) is 0 Å². The maximum atomic E-state index is 6.03. The fourth-order valence-corrected chi connectivity index (χ4v) is 2.41. The Morgan fingerprint density at radius 1 is 1.00 bits per heavy atom. The maximum absolute atomic E-state index is 6.03. The number of hydrogen-bond donors (Lipinski definition) is 2. The van der Waals surface area contributed by atoms with Gasteiger partial charge in [0.2, 0.25) is 0 Å². The second-order valence-electron chi connectivity index (χ2n) is 5.27.